The number of carbonyl (C=O) groups excluding carboxylic acids is 2. The Kier molecular flexibility index (Phi) is 5.77. The number of amides is 2. The molecule has 0 unspecified atom stereocenters. The van der Waals surface area contributed by atoms with E-state index in [9.17, 15) is 9.59 Å². The summed E-state index contributed by atoms with van der Waals surface area (Å²) in [5, 5.41) is 13.8. The van der Waals surface area contributed by atoms with Crippen molar-refractivity contribution in [2.45, 2.75) is 41.2 Å². The Morgan fingerprint density at radius 2 is 1.59 bits per heavy atom. The van der Waals surface area contributed by atoms with Crippen LogP contribution >= 0.6 is 0 Å². The highest BCUT2D eigenvalue weighted by Crippen LogP contribution is 2.23. The van der Waals surface area contributed by atoms with Gasteiger partial charge in [0.25, 0.3) is 5.91 Å². The van der Waals surface area contributed by atoms with Crippen molar-refractivity contribution in [3.63, 3.8) is 0 Å². The van der Waals surface area contributed by atoms with Crippen molar-refractivity contribution in [1.82, 2.24) is 15.0 Å². The van der Waals surface area contributed by atoms with E-state index < -0.39 is 0 Å². The van der Waals surface area contributed by atoms with Crippen molar-refractivity contribution in [3.05, 3.63) is 70.0 Å². The molecule has 0 spiro atoms. The Morgan fingerprint density at radius 3 is 2.24 bits per heavy atom. The van der Waals surface area contributed by atoms with E-state index in [4.69, 9.17) is 0 Å². The molecule has 2 aromatic carbocycles. The van der Waals surface area contributed by atoms with E-state index in [0.29, 0.717) is 5.69 Å². The number of nitrogens with zero attached hydrogens (tertiary/aromatic N) is 3. The molecule has 150 valence electrons. The average Bonchev–Trinajstić information content (AvgIpc) is 3.00. The molecule has 0 aliphatic rings. The maximum atomic E-state index is 12.7. The van der Waals surface area contributed by atoms with Gasteiger partial charge in [-0.2, -0.15) is 0 Å². The number of carbonyl (C=O) groups is 2. The van der Waals surface area contributed by atoms with Crippen LogP contribution in [0.1, 0.15) is 38.4 Å². The molecule has 1 heterocycles. The van der Waals surface area contributed by atoms with Gasteiger partial charge in [-0.05, 0) is 57.4 Å². The number of hydrogen-bond donors (Lipinski definition) is 2. The van der Waals surface area contributed by atoms with Crippen molar-refractivity contribution in [2.24, 2.45) is 0 Å². The van der Waals surface area contributed by atoms with Crippen LogP contribution in [0.25, 0.3) is 0 Å². The van der Waals surface area contributed by atoms with Crippen LogP contribution in [0, 0.1) is 34.6 Å². The number of para-hydroxylation sites is 1. The van der Waals surface area contributed by atoms with Crippen LogP contribution in [-0.4, -0.2) is 26.8 Å². The van der Waals surface area contributed by atoms with E-state index in [1.807, 2.05) is 64.1 Å². The minimum Gasteiger partial charge on any atom is -0.324 e. The monoisotopic (exact) mass is 391 g/mol. The SMILES string of the molecule is Cc1cc(C)c(NC(=O)c2nnn(CC(=O)Nc3ccccc3C)c2C)c(C)c1. The maximum Gasteiger partial charge on any atom is 0.278 e. The zero-order valence-corrected chi connectivity index (χ0v) is 17.3. The Balaban J connectivity index is 1.73. The Bertz CT molecular complexity index is 1060. The molecule has 0 bridgehead atoms. The smallest absolute Gasteiger partial charge is 0.278 e. The van der Waals surface area contributed by atoms with E-state index in [1.54, 1.807) is 6.92 Å². The fourth-order valence-corrected chi connectivity index (χ4v) is 3.31. The second kappa shape index (κ2) is 8.26. The fraction of sp³-hybridized carbons (Fsp3) is 0.273. The molecular weight excluding hydrogens is 366 g/mol. The summed E-state index contributed by atoms with van der Waals surface area (Å²) in [5.41, 5.74) is 6.33. The third-order valence-corrected chi connectivity index (χ3v) is 4.83. The standard InChI is InChI=1S/C22H25N5O2/c1-13-10-15(3)20(16(4)11-13)24-22(29)21-17(5)27(26-25-21)12-19(28)23-18-9-7-6-8-14(18)2/h6-11H,12H2,1-5H3,(H,23,28)(H,24,29). The van der Waals surface area contributed by atoms with Crippen LogP contribution < -0.4 is 10.6 Å². The first-order valence-electron chi connectivity index (χ1n) is 9.41. The normalized spacial score (nSPS) is 10.7. The minimum absolute atomic E-state index is 0.0248. The highest BCUT2D eigenvalue weighted by atomic mass is 16.2. The summed E-state index contributed by atoms with van der Waals surface area (Å²) in [7, 11) is 0. The summed E-state index contributed by atoms with van der Waals surface area (Å²) < 4.78 is 1.43. The third kappa shape index (κ3) is 4.51. The van der Waals surface area contributed by atoms with Crippen LogP contribution in [0.3, 0.4) is 0 Å². The molecule has 7 heteroatoms. The Hall–Kier alpha value is -3.48. The van der Waals surface area contributed by atoms with E-state index in [0.717, 1.165) is 33.6 Å². The van der Waals surface area contributed by atoms with Gasteiger partial charge in [0.2, 0.25) is 5.91 Å². The number of rotatable bonds is 5. The summed E-state index contributed by atoms with van der Waals surface area (Å²) in [6.07, 6.45) is 0. The lowest BCUT2D eigenvalue weighted by Crippen LogP contribution is -2.21. The van der Waals surface area contributed by atoms with Gasteiger partial charge in [0.05, 0.1) is 5.69 Å². The predicted molar refractivity (Wildman–Crippen MR) is 113 cm³/mol. The second-order valence-electron chi connectivity index (χ2n) is 7.27. The number of aryl methyl sites for hydroxylation is 4. The molecule has 0 saturated carbocycles. The topological polar surface area (TPSA) is 88.9 Å². The van der Waals surface area contributed by atoms with Crippen LogP contribution in [0.2, 0.25) is 0 Å². The first kappa shape index (κ1) is 20.3. The van der Waals surface area contributed by atoms with Gasteiger partial charge in [-0.3, -0.25) is 9.59 Å². The van der Waals surface area contributed by atoms with Crippen LogP contribution in [0.15, 0.2) is 36.4 Å². The quantitative estimate of drug-likeness (QED) is 0.694. The lowest BCUT2D eigenvalue weighted by atomic mass is 10.0. The molecule has 0 radical (unpaired) electrons. The summed E-state index contributed by atoms with van der Waals surface area (Å²) in [5.74, 6) is -0.576. The number of benzene rings is 2. The van der Waals surface area contributed by atoms with Gasteiger partial charge >= 0.3 is 0 Å². The lowest BCUT2D eigenvalue weighted by Gasteiger charge is -2.12. The first-order chi connectivity index (χ1) is 13.8. The average molecular weight is 391 g/mol. The van der Waals surface area contributed by atoms with E-state index in [-0.39, 0.29) is 24.1 Å². The molecule has 29 heavy (non-hydrogen) atoms. The highest BCUT2D eigenvalue weighted by molar-refractivity contribution is 6.04. The minimum atomic E-state index is -0.344. The summed E-state index contributed by atoms with van der Waals surface area (Å²) >= 11 is 0. The molecule has 0 saturated heterocycles. The predicted octanol–water partition coefficient (Wildman–Crippen LogP) is 3.71. The summed E-state index contributed by atoms with van der Waals surface area (Å²) in [4.78, 5) is 25.1. The van der Waals surface area contributed by atoms with Crippen molar-refractivity contribution < 1.29 is 9.59 Å². The van der Waals surface area contributed by atoms with Gasteiger partial charge < -0.3 is 10.6 Å². The zero-order chi connectivity index (χ0) is 21.1. The zero-order valence-electron chi connectivity index (χ0n) is 17.3. The van der Waals surface area contributed by atoms with Gasteiger partial charge in [-0.25, -0.2) is 4.68 Å². The number of aromatic nitrogens is 3. The van der Waals surface area contributed by atoms with Crippen molar-refractivity contribution in [2.75, 3.05) is 10.6 Å². The summed E-state index contributed by atoms with van der Waals surface area (Å²) in [6, 6.07) is 11.6. The molecule has 3 rings (SSSR count). The molecular formula is C22H25N5O2. The maximum absolute atomic E-state index is 12.7. The number of anilines is 2. The van der Waals surface area contributed by atoms with Gasteiger partial charge in [0.1, 0.15) is 6.54 Å². The Labute approximate surface area is 170 Å². The van der Waals surface area contributed by atoms with E-state index >= 15 is 0 Å². The van der Waals surface area contributed by atoms with Gasteiger partial charge in [0, 0.05) is 11.4 Å². The fourth-order valence-electron chi connectivity index (χ4n) is 3.31. The van der Waals surface area contributed by atoms with Crippen molar-refractivity contribution in [1.29, 1.82) is 0 Å². The van der Waals surface area contributed by atoms with Crippen LogP contribution in [-0.2, 0) is 11.3 Å². The van der Waals surface area contributed by atoms with Crippen LogP contribution in [0.4, 0.5) is 11.4 Å². The molecule has 2 amide bonds. The first-order valence-corrected chi connectivity index (χ1v) is 9.41. The number of hydrogen-bond acceptors (Lipinski definition) is 4. The summed E-state index contributed by atoms with van der Waals surface area (Å²) in [6.45, 7) is 9.55. The lowest BCUT2D eigenvalue weighted by molar-refractivity contribution is -0.117. The highest BCUT2D eigenvalue weighted by Gasteiger charge is 2.19. The van der Waals surface area contributed by atoms with Crippen LogP contribution in [0.5, 0.6) is 0 Å². The van der Waals surface area contributed by atoms with Gasteiger partial charge in [-0.15, -0.1) is 5.10 Å². The van der Waals surface area contributed by atoms with E-state index in [2.05, 4.69) is 20.9 Å². The van der Waals surface area contributed by atoms with Crippen molar-refractivity contribution >= 4 is 23.2 Å². The van der Waals surface area contributed by atoms with Gasteiger partial charge in [0.15, 0.2) is 5.69 Å². The largest absolute Gasteiger partial charge is 0.324 e. The molecule has 0 atom stereocenters. The third-order valence-electron chi connectivity index (χ3n) is 4.83. The molecule has 1 aromatic heterocycles. The molecule has 0 fully saturated rings. The van der Waals surface area contributed by atoms with Crippen molar-refractivity contribution in [3.8, 4) is 0 Å². The van der Waals surface area contributed by atoms with E-state index in [1.165, 1.54) is 4.68 Å². The molecule has 3 aromatic rings. The molecule has 2 N–H and O–H groups in total. The number of nitrogens with one attached hydrogen (secondary N) is 2. The molecule has 7 nitrogen and oxygen atoms in total. The Morgan fingerprint density at radius 1 is 0.931 bits per heavy atom. The second-order valence-corrected chi connectivity index (χ2v) is 7.27. The van der Waals surface area contributed by atoms with Gasteiger partial charge in [-0.1, -0.05) is 41.1 Å². The molecule has 0 aliphatic carbocycles. The molecule has 0 aliphatic heterocycles.